The molecule has 1 N–H and O–H groups in total. The second-order valence-corrected chi connectivity index (χ2v) is 5.88. The Morgan fingerprint density at radius 1 is 1.69 bits per heavy atom. The van der Waals surface area contributed by atoms with Crippen LogP contribution in [0, 0.1) is 5.92 Å². The number of nitrogens with zero attached hydrogens (tertiary/aromatic N) is 2. The van der Waals surface area contributed by atoms with Crippen molar-refractivity contribution in [1.29, 1.82) is 0 Å². The number of aromatic nitrogens is 1. The Hall–Kier alpha value is -0.160. The molecule has 90 valence electrons. The molecule has 1 aliphatic rings. The van der Waals surface area contributed by atoms with Crippen LogP contribution in [0.25, 0.3) is 0 Å². The van der Waals surface area contributed by atoms with E-state index in [1.165, 1.54) is 18.0 Å². The van der Waals surface area contributed by atoms with E-state index in [1.807, 2.05) is 7.05 Å². The van der Waals surface area contributed by atoms with E-state index in [-0.39, 0.29) is 0 Å². The van der Waals surface area contributed by atoms with Gasteiger partial charge in [0.05, 0.1) is 12.2 Å². The molecule has 16 heavy (non-hydrogen) atoms. The summed E-state index contributed by atoms with van der Waals surface area (Å²) in [5.74, 6) is 0.659. The summed E-state index contributed by atoms with van der Waals surface area (Å²) < 4.78 is 0.793. The molecule has 0 amide bonds. The fourth-order valence-electron chi connectivity index (χ4n) is 2.52. The van der Waals surface area contributed by atoms with Gasteiger partial charge in [-0.1, -0.05) is 18.5 Å². The van der Waals surface area contributed by atoms with E-state index in [1.54, 1.807) is 17.5 Å². The molecule has 0 saturated carbocycles. The number of halogens is 1. The summed E-state index contributed by atoms with van der Waals surface area (Å²) in [5.41, 5.74) is 0. The molecular formula is C11H18ClN3S. The van der Waals surface area contributed by atoms with E-state index in [0.717, 1.165) is 17.4 Å². The van der Waals surface area contributed by atoms with Crippen LogP contribution in [-0.4, -0.2) is 36.6 Å². The third kappa shape index (κ3) is 2.40. The van der Waals surface area contributed by atoms with Crippen molar-refractivity contribution < 1.29 is 0 Å². The van der Waals surface area contributed by atoms with Crippen LogP contribution >= 0.6 is 22.9 Å². The summed E-state index contributed by atoms with van der Waals surface area (Å²) in [6.45, 7) is 5.52. The molecular weight excluding hydrogens is 242 g/mol. The molecule has 1 fully saturated rings. The highest BCUT2D eigenvalue weighted by molar-refractivity contribution is 7.15. The molecule has 2 unspecified atom stereocenters. The molecule has 1 aromatic heterocycles. The largest absolute Gasteiger partial charge is 0.319 e. The van der Waals surface area contributed by atoms with Crippen molar-refractivity contribution in [2.24, 2.45) is 5.92 Å². The highest BCUT2D eigenvalue weighted by Gasteiger charge is 2.35. The third-order valence-corrected chi connectivity index (χ3v) is 4.43. The first-order valence-electron chi connectivity index (χ1n) is 5.76. The van der Waals surface area contributed by atoms with Crippen molar-refractivity contribution in [2.45, 2.75) is 19.4 Å². The average Bonchev–Trinajstić information content (AvgIpc) is 2.85. The van der Waals surface area contributed by atoms with Crippen LogP contribution in [0.1, 0.15) is 24.4 Å². The van der Waals surface area contributed by atoms with Crippen LogP contribution in [0.3, 0.4) is 0 Å². The van der Waals surface area contributed by atoms with E-state index in [2.05, 4.69) is 22.1 Å². The fourth-order valence-corrected chi connectivity index (χ4v) is 3.68. The highest BCUT2D eigenvalue weighted by Crippen LogP contribution is 2.39. The predicted molar refractivity (Wildman–Crippen MR) is 69.1 cm³/mol. The normalized spacial score (nSPS) is 26.4. The SMILES string of the molecule is CCN1CCC(CNC)C1c1ncc(Cl)s1. The van der Waals surface area contributed by atoms with Crippen molar-refractivity contribution in [3.05, 3.63) is 15.5 Å². The third-order valence-electron chi connectivity index (χ3n) is 3.25. The van der Waals surface area contributed by atoms with Gasteiger partial charge in [0.1, 0.15) is 9.34 Å². The molecule has 1 aliphatic heterocycles. The minimum atomic E-state index is 0.454. The number of hydrogen-bond acceptors (Lipinski definition) is 4. The Bertz CT molecular complexity index is 342. The van der Waals surface area contributed by atoms with Gasteiger partial charge in [-0.05, 0) is 39.0 Å². The first-order valence-corrected chi connectivity index (χ1v) is 6.95. The average molecular weight is 260 g/mol. The maximum atomic E-state index is 5.98. The van der Waals surface area contributed by atoms with Gasteiger partial charge < -0.3 is 5.32 Å². The van der Waals surface area contributed by atoms with Crippen molar-refractivity contribution in [2.75, 3.05) is 26.7 Å². The van der Waals surface area contributed by atoms with Gasteiger partial charge in [0.15, 0.2) is 0 Å². The zero-order chi connectivity index (χ0) is 11.5. The summed E-state index contributed by atoms with van der Waals surface area (Å²) in [4.78, 5) is 6.94. The zero-order valence-electron chi connectivity index (χ0n) is 9.74. The molecule has 0 radical (unpaired) electrons. The lowest BCUT2D eigenvalue weighted by Crippen LogP contribution is -2.29. The number of hydrogen-bond donors (Lipinski definition) is 1. The van der Waals surface area contributed by atoms with Crippen molar-refractivity contribution in [3.8, 4) is 0 Å². The quantitative estimate of drug-likeness (QED) is 0.900. The van der Waals surface area contributed by atoms with E-state index in [4.69, 9.17) is 11.6 Å². The van der Waals surface area contributed by atoms with Gasteiger partial charge in [0.25, 0.3) is 0 Å². The van der Waals surface area contributed by atoms with Gasteiger partial charge in [-0.3, -0.25) is 4.90 Å². The van der Waals surface area contributed by atoms with E-state index in [9.17, 15) is 0 Å². The smallest absolute Gasteiger partial charge is 0.113 e. The zero-order valence-corrected chi connectivity index (χ0v) is 11.3. The molecule has 2 rings (SSSR count). The van der Waals surface area contributed by atoms with Gasteiger partial charge in [-0.25, -0.2) is 4.98 Å². The molecule has 0 spiro atoms. The lowest BCUT2D eigenvalue weighted by Gasteiger charge is -2.25. The second-order valence-electron chi connectivity index (χ2n) is 4.18. The van der Waals surface area contributed by atoms with Gasteiger partial charge in [0.2, 0.25) is 0 Å². The summed E-state index contributed by atoms with van der Waals surface area (Å²) >= 11 is 7.59. The number of thiazole rings is 1. The van der Waals surface area contributed by atoms with Gasteiger partial charge in [-0.15, -0.1) is 11.3 Å². The number of nitrogens with one attached hydrogen (secondary N) is 1. The molecule has 1 saturated heterocycles. The molecule has 0 bridgehead atoms. The van der Waals surface area contributed by atoms with E-state index >= 15 is 0 Å². The summed E-state index contributed by atoms with van der Waals surface area (Å²) in [6.07, 6.45) is 3.01. The molecule has 5 heteroatoms. The van der Waals surface area contributed by atoms with Gasteiger partial charge in [-0.2, -0.15) is 0 Å². The summed E-state index contributed by atoms with van der Waals surface area (Å²) in [6, 6.07) is 0.454. The molecule has 0 aromatic carbocycles. The topological polar surface area (TPSA) is 28.2 Å². The highest BCUT2D eigenvalue weighted by atomic mass is 35.5. The van der Waals surface area contributed by atoms with Crippen molar-refractivity contribution in [3.63, 3.8) is 0 Å². The monoisotopic (exact) mass is 259 g/mol. The minimum Gasteiger partial charge on any atom is -0.319 e. The second kappa shape index (κ2) is 5.45. The van der Waals surface area contributed by atoms with Crippen molar-refractivity contribution >= 4 is 22.9 Å². The van der Waals surface area contributed by atoms with Crippen LogP contribution < -0.4 is 5.32 Å². The van der Waals surface area contributed by atoms with E-state index < -0.39 is 0 Å². The molecule has 3 nitrogen and oxygen atoms in total. The maximum absolute atomic E-state index is 5.98. The Labute approximate surface area is 106 Å². The van der Waals surface area contributed by atoms with Gasteiger partial charge in [0, 0.05) is 0 Å². The summed E-state index contributed by atoms with van der Waals surface area (Å²) in [5, 5.41) is 4.45. The Morgan fingerprint density at radius 2 is 2.50 bits per heavy atom. The fraction of sp³-hybridized carbons (Fsp3) is 0.727. The maximum Gasteiger partial charge on any atom is 0.113 e. The van der Waals surface area contributed by atoms with E-state index in [0.29, 0.717) is 12.0 Å². The molecule has 2 heterocycles. The Kier molecular flexibility index (Phi) is 4.19. The lowest BCUT2D eigenvalue weighted by molar-refractivity contribution is 0.237. The van der Waals surface area contributed by atoms with Crippen LogP contribution in [-0.2, 0) is 0 Å². The predicted octanol–water partition coefficient (Wildman–Crippen LogP) is 2.40. The minimum absolute atomic E-state index is 0.454. The number of likely N-dealkylation sites (tertiary alicyclic amines) is 1. The Morgan fingerprint density at radius 3 is 3.06 bits per heavy atom. The van der Waals surface area contributed by atoms with Crippen LogP contribution in [0.5, 0.6) is 0 Å². The first kappa shape index (κ1) is 12.3. The van der Waals surface area contributed by atoms with Gasteiger partial charge >= 0.3 is 0 Å². The van der Waals surface area contributed by atoms with Crippen molar-refractivity contribution in [1.82, 2.24) is 15.2 Å². The number of rotatable bonds is 4. The lowest BCUT2D eigenvalue weighted by atomic mass is 10.0. The first-order chi connectivity index (χ1) is 7.76. The molecule has 2 atom stereocenters. The molecule has 1 aromatic rings. The molecule has 0 aliphatic carbocycles. The summed E-state index contributed by atoms with van der Waals surface area (Å²) in [7, 11) is 2.01. The van der Waals surface area contributed by atoms with Crippen LogP contribution in [0.15, 0.2) is 6.20 Å². The van der Waals surface area contributed by atoms with Crippen LogP contribution in [0.2, 0.25) is 4.34 Å². The van der Waals surface area contributed by atoms with Crippen LogP contribution in [0.4, 0.5) is 0 Å². The Balaban J connectivity index is 2.18. The standard InChI is InChI=1S/C11H18ClN3S/c1-3-15-5-4-8(6-13-2)10(15)11-14-7-9(12)16-11/h7-8,10,13H,3-6H2,1-2H3.